The molecule has 0 spiro atoms. The van der Waals surface area contributed by atoms with E-state index in [0.29, 0.717) is 6.54 Å². The average Bonchev–Trinajstić information content (AvgIpc) is 2.56. The van der Waals surface area contributed by atoms with E-state index in [1.807, 2.05) is 13.8 Å². The fraction of sp³-hybridized carbons (Fsp3) is 0.750. The zero-order valence-corrected chi connectivity index (χ0v) is 7.98. The molecule has 0 saturated carbocycles. The molecule has 0 aromatic carbocycles. The lowest BCUT2D eigenvalue weighted by Crippen LogP contribution is -2.36. The number of nitrogens with zero attached hydrogens (tertiary/aromatic N) is 1. The number of rotatable bonds is 2. The first-order chi connectivity index (χ1) is 5.79. The molecule has 0 unspecified atom stereocenters. The van der Waals surface area contributed by atoms with Crippen molar-refractivity contribution in [3.8, 4) is 0 Å². The molecule has 1 heterocycles. The SMILES string of the molecule is CC.CC(=O)CNC1=NCCN1. The molecule has 1 aliphatic rings. The molecule has 0 aromatic rings. The van der Waals surface area contributed by atoms with Gasteiger partial charge in [0.2, 0.25) is 0 Å². The van der Waals surface area contributed by atoms with Crippen molar-refractivity contribution in [2.45, 2.75) is 20.8 Å². The Morgan fingerprint density at radius 2 is 2.33 bits per heavy atom. The van der Waals surface area contributed by atoms with Gasteiger partial charge in [0.1, 0.15) is 5.78 Å². The van der Waals surface area contributed by atoms with Crippen molar-refractivity contribution >= 4 is 11.7 Å². The molecule has 0 aromatic heterocycles. The average molecular weight is 171 g/mol. The van der Waals surface area contributed by atoms with Gasteiger partial charge in [-0.2, -0.15) is 0 Å². The maximum atomic E-state index is 10.5. The van der Waals surface area contributed by atoms with Crippen molar-refractivity contribution < 1.29 is 4.79 Å². The second kappa shape index (κ2) is 6.64. The molecular formula is C8H17N3O. The number of guanidine groups is 1. The van der Waals surface area contributed by atoms with Crippen LogP contribution in [0.15, 0.2) is 4.99 Å². The van der Waals surface area contributed by atoms with E-state index in [1.54, 1.807) is 6.92 Å². The van der Waals surface area contributed by atoms with Crippen LogP contribution in [-0.4, -0.2) is 31.4 Å². The van der Waals surface area contributed by atoms with Gasteiger partial charge in [0.05, 0.1) is 13.1 Å². The number of nitrogens with one attached hydrogen (secondary N) is 2. The van der Waals surface area contributed by atoms with Gasteiger partial charge in [0.15, 0.2) is 5.96 Å². The third kappa shape index (κ3) is 4.71. The van der Waals surface area contributed by atoms with Crippen LogP contribution in [0.1, 0.15) is 20.8 Å². The van der Waals surface area contributed by atoms with E-state index in [9.17, 15) is 4.79 Å². The topological polar surface area (TPSA) is 53.5 Å². The lowest BCUT2D eigenvalue weighted by Gasteiger charge is -2.01. The van der Waals surface area contributed by atoms with Crippen LogP contribution in [0.4, 0.5) is 0 Å². The molecule has 0 radical (unpaired) electrons. The summed E-state index contributed by atoms with van der Waals surface area (Å²) < 4.78 is 0. The number of hydrogen-bond donors (Lipinski definition) is 2. The van der Waals surface area contributed by atoms with Gasteiger partial charge in [-0.3, -0.25) is 9.79 Å². The van der Waals surface area contributed by atoms with Crippen molar-refractivity contribution in [1.82, 2.24) is 10.6 Å². The number of hydrogen-bond acceptors (Lipinski definition) is 4. The van der Waals surface area contributed by atoms with Crippen molar-refractivity contribution in [2.24, 2.45) is 4.99 Å². The normalized spacial score (nSPS) is 13.8. The number of ketones is 1. The Balaban J connectivity index is 0.000000561. The standard InChI is InChI=1S/C6H11N3O.C2H6/c1-5(10)4-9-6-7-2-3-8-6;1-2/h2-4H2,1H3,(H2,7,8,9);1-2H3. The maximum absolute atomic E-state index is 10.5. The van der Waals surface area contributed by atoms with Crippen molar-refractivity contribution in [1.29, 1.82) is 0 Å². The molecule has 4 nitrogen and oxygen atoms in total. The predicted molar refractivity (Wildman–Crippen MR) is 50.3 cm³/mol. The molecule has 0 fully saturated rings. The summed E-state index contributed by atoms with van der Waals surface area (Å²) >= 11 is 0. The quantitative estimate of drug-likeness (QED) is 0.622. The van der Waals surface area contributed by atoms with Crippen LogP contribution in [0.5, 0.6) is 0 Å². The summed E-state index contributed by atoms with van der Waals surface area (Å²) in [6, 6.07) is 0. The summed E-state index contributed by atoms with van der Waals surface area (Å²) in [5, 5.41) is 5.87. The zero-order chi connectivity index (χ0) is 9.40. The molecule has 4 heteroatoms. The molecule has 2 N–H and O–H groups in total. The predicted octanol–water partition coefficient (Wildman–Crippen LogP) is 0.150. The van der Waals surface area contributed by atoms with E-state index < -0.39 is 0 Å². The monoisotopic (exact) mass is 171 g/mol. The van der Waals surface area contributed by atoms with Gasteiger partial charge in [-0.05, 0) is 6.92 Å². The highest BCUT2D eigenvalue weighted by Gasteiger charge is 2.03. The van der Waals surface area contributed by atoms with Crippen LogP contribution in [0, 0.1) is 0 Å². The van der Waals surface area contributed by atoms with E-state index in [4.69, 9.17) is 0 Å². The molecule has 0 amide bonds. The first-order valence-corrected chi connectivity index (χ1v) is 4.30. The van der Waals surface area contributed by atoms with Gasteiger partial charge >= 0.3 is 0 Å². The van der Waals surface area contributed by atoms with Gasteiger partial charge < -0.3 is 10.6 Å². The number of carbonyl (C=O) groups is 1. The minimum Gasteiger partial charge on any atom is -0.355 e. The van der Waals surface area contributed by atoms with Gasteiger partial charge in [0.25, 0.3) is 0 Å². The number of Topliss-reactive ketones (excluding diaryl/α,β-unsaturated/α-hetero) is 1. The van der Waals surface area contributed by atoms with Gasteiger partial charge in [-0.15, -0.1) is 0 Å². The Morgan fingerprint density at radius 3 is 2.75 bits per heavy atom. The summed E-state index contributed by atoms with van der Waals surface area (Å²) in [7, 11) is 0. The summed E-state index contributed by atoms with van der Waals surface area (Å²) in [4.78, 5) is 14.5. The second-order valence-electron chi connectivity index (χ2n) is 2.21. The fourth-order valence-electron chi connectivity index (χ4n) is 0.725. The highest BCUT2D eigenvalue weighted by Crippen LogP contribution is 1.79. The summed E-state index contributed by atoms with van der Waals surface area (Å²) in [6.45, 7) is 7.59. The van der Waals surface area contributed by atoms with Gasteiger partial charge in [-0.25, -0.2) is 0 Å². The summed E-state index contributed by atoms with van der Waals surface area (Å²) in [5.74, 6) is 0.867. The zero-order valence-electron chi connectivity index (χ0n) is 7.98. The van der Waals surface area contributed by atoms with Gasteiger partial charge in [0, 0.05) is 6.54 Å². The number of aliphatic imine (C=N–C) groups is 1. The number of carbonyl (C=O) groups excluding carboxylic acids is 1. The second-order valence-corrected chi connectivity index (χ2v) is 2.21. The molecule has 1 aliphatic heterocycles. The van der Waals surface area contributed by atoms with E-state index in [2.05, 4.69) is 15.6 Å². The maximum Gasteiger partial charge on any atom is 0.191 e. The molecule has 0 aliphatic carbocycles. The summed E-state index contributed by atoms with van der Waals surface area (Å²) in [6.07, 6.45) is 0. The fourth-order valence-corrected chi connectivity index (χ4v) is 0.725. The van der Waals surface area contributed by atoms with Crippen molar-refractivity contribution in [3.63, 3.8) is 0 Å². The Bertz CT molecular complexity index is 166. The molecule has 12 heavy (non-hydrogen) atoms. The third-order valence-electron chi connectivity index (χ3n) is 1.18. The Hall–Kier alpha value is -1.06. The molecule has 0 bridgehead atoms. The minimum atomic E-state index is 0.122. The first-order valence-electron chi connectivity index (χ1n) is 4.30. The van der Waals surface area contributed by atoms with Crippen LogP contribution in [0.25, 0.3) is 0 Å². The van der Waals surface area contributed by atoms with Crippen LogP contribution in [0.3, 0.4) is 0 Å². The lowest BCUT2D eigenvalue weighted by atomic mass is 10.4. The van der Waals surface area contributed by atoms with E-state index in [-0.39, 0.29) is 5.78 Å². The van der Waals surface area contributed by atoms with Crippen LogP contribution in [-0.2, 0) is 4.79 Å². The van der Waals surface area contributed by atoms with Crippen LogP contribution in [0.2, 0.25) is 0 Å². The Kier molecular flexibility index (Phi) is 6.05. The smallest absolute Gasteiger partial charge is 0.191 e. The van der Waals surface area contributed by atoms with E-state index >= 15 is 0 Å². The lowest BCUT2D eigenvalue weighted by molar-refractivity contribution is -0.115. The largest absolute Gasteiger partial charge is 0.355 e. The summed E-state index contributed by atoms with van der Waals surface area (Å²) in [5.41, 5.74) is 0. The Labute approximate surface area is 73.5 Å². The molecule has 1 rings (SSSR count). The van der Waals surface area contributed by atoms with Gasteiger partial charge in [-0.1, -0.05) is 13.8 Å². The highest BCUT2D eigenvalue weighted by atomic mass is 16.1. The molecule has 0 saturated heterocycles. The molecular weight excluding hydrogens is 154 g/mol. The Morgan fingerprint density at radius 1 is 1.67 bits per heavy atom. The molecule has 70 valence electrons. The third-order valence-corrected chi connectivity index (χ3v) is 1.18. The van der Waals surface area contributed by atoms with Crippen molar-refractivity contribution in [3.05, 3.63) is 0 Å². The molecule has 0 atom stereocenters. The first kappa shape index (κ1) is 10.9. The highest BCUT2D eigenvalue weighted by molar-refractivity contribution is 5.86. The van der Waals surface area contributed by atoms with E-state index in [1.165, 1.54) is 0 Å². The van der Waals surface area contributed by atoms with Crippen LogP contribution < -0.4 is 10.6 Å². The minimum absolute atomic E-state index is 0.122. The van der Waals surface area contributed by atoms with E-state index in [0.717, 1.165) is 19.0 Å². The van der Waals surface area contributed by atoms with Crippen molar-refractivity contribution in [2.75, 3.05) is 19.6 Å². The van der Waals surface area contributed by atoms with Crippen LogP contribution >= 0.6 is 0 Å².